The molecule has 1 aliphatic carbocycles. The van der Waals surface area contributed by atoms with Crippen molar-refractivity contribution in [1.29, 1.82) is 0 Å². The van der Waals surface area contributed by atoms with Gasteiger partial charge in [-0.15, -0.1) is 10.2 Å². The van der Waals surface area contributed by atoms with Crippen LogP contribution >= 0.6 is 0 Å². The normalized spacial score (nSPS) is 28.8. The van der Waals surface area contributed by atoms with Crippen LogP contribution in [0, 0.1) is 11.8 Å². The smallest absolute Gasteiger partial charge is 0.377 e. The van der Waals surface area contributed by atoms with Crippen LogP contribution in [0.3, 0.4) is 0 Å². The number of alkyl halides is 3. The van der Waals surface area contributed by atoms with Gasteiger partial charge in [0.2, 0.25) is 0 Å². The Labute approximate surface area is 143 Å². The molecule has 4 rings (SSSR count). The summed E-state index contributed by atoms with van der Waals surface area (Å²) in [6, 6.07) is 3.65. The Bertz CT molecular complexity index is 683. The Balaban J connectivity index is 1.48. The van der Waals surface area contributed by atoms with E-state index in [9.17, 15) is 13.2 Å². The summed E-state index contributed by atoms with van der Waals surface area (Å²) in [5.41, 5.74) is -0.519. The second-order valence-electron chi connectivity index (χ2n) is 6.86. The molecule has 3 heterocycles. The van der Waals surface area contributed by atoms with E-state index in [1.807, 2.05) is 0 Å². The van der Waals surface area contributed by atoms with Crippen molar-refractivity contribution in [2.45, 2.75) is 25.1 Å². The van der Waals surface area contributed by atoms with Crippen LogP contribution in [0.15, 0.2) is 30.0 Å². The summed E-state index contributed by atoms with van der Waals surface area (Å²) in [5, 5.41) is 17.2. The van der Waals surface area contributed by atoms with Crippen molar-refractivity contribution >= 4 is 11.4 Å². The van der Waals surface area contributed by atoms with E-state index in [0.29, 0.717) is 23.7 Å². The lowest BCUT2D eigenvalue weighted by Crippen LogP contribution is -2.29. The van der Waals surface area contributed by atoms with E-state index in [2.05, 4.69) is 26.1 Å². The highest BCUT2D eigenvalue weighted by molar-refractivity contribution is 5.76. The molecule has 1 aromatic heterocycles. The summed E-state index contributed by atoms with van der Waals surface area (Å²) < 4.78 is 39.4. The van der Waals surface area contributed by atoms with Crippen molar-refractivity contribution in [3.05, 3.63) is 35.7 Å². The van der Waals surface area contributed by atoms with Crippen LogP contribution in [0.4, 0.5) is 19.0 Å². The molecule has 1 saturated heterocycles. The van der Waals surface area contributed by atoms with E-state index in [4.69, 9.17) is 0 Å². The van der Waals surface area contributed by atoms with Crippen molar-refractivity contribution in [2.24, 2.45) is 11.8 Å². The topological polar surface area (TPSA) is 61.9 Å². The molecule has 3 N–H and O–H groups in total. The Morgan fingerprint density at radius 1 is 1.08 bits per heavy atom. The molecular weight excluding hydrogens is 331 g/mol. The molecule has 0 aromatic carbocycles. The van der Waals surface area contributed by atoms with E-state index >= 15 is 0 Å². The molecule has 1 aromatic rings. The van der Waals surface area contributed by atoms with Crippen molar-refractivity contribution in [2.75, 3.05) is 25.0 Å². The lowest BCUT2D eigenvalue weighted by Gasteiger charge is -2.20. The minimum Gasteiger partial charge on any atom is -0.377 e. The molecule has 1 saturated carbocycles. The second kappa shape index (κ2) is 6.33. The highest BCUT2D eigenvalue weighted by atomic mass is 19.4. The molecule has 3 atom stereocenters. The Hall–Kier alpha value is -2.09. The molecule has 8 heteroatoms. The van der Waals surface area contributed by atoms with Gasteiger partial charge >= 0.3 is 6.18 Å². The van der Waals surface area contributed by atoms with Gasteiger partial charge in [-0.2, -0.15) is 13.2 Å². The highest BCUT2D eigenvalue weighted by Gasteiger charge is 2.38. The van der Waals surface area contributed by atoms with Gasteiger partial charge in [0.05, 0.1) is 5.69 Å². The minimum atomic E-state index is -4.44. The molecular formula is C17H20F3N5. The molecule has 0 amide bonds. The number of rotatable bonds is 3. The van der Waals surface area contributed by atoms with Gasteiger partial charge in [0.1, 0.15) is 11.5 Å². The zero-order valence-electron chi connectivity index (χ0n) is 13.6. The van der Waals surface area contributed by atoms with Crippen molar-refractivity contribution in [1.82, 2.24) is 20.8 Å². The van der Waals surface area contributed by atoms with Gasteiger partial charge in [0.15, 0.2) is 0 Å². The summed E-state index contributed by atoms with van der Waals surface area (Å²) in [7, 11) is 0. The number of aromatic nitrogens is 2. The van der Waals surface area contributed by atoms with Gasteiger partial charge in [-0.1, -0.05) is 12.2 Å². The van der Waals surface area contributed by atoms with Gasteiger partial charge in [-0.05, 0) is 49.9 Å². The van der Waals surface area contributed by atoms with Gasteiger partial charge in [-0.3, -0.25) is 0 Å². The van der Waals surface area contributed by atoms with Gasteiger partial charge in [-0.25, -0.2) is 0 Å². The fraction of sp³-hybridized carbons (Fsp3) is 0.529. The fourth-order valence-electron chi connectivity index (χ4n) is 4.03. The van der Waals surface area contributed by atoms with E-state index in [1.54, 1.807) is 18.2 Å². The third kappa shape index (κ3) is 3.35. The average Bonchev–Trinajstić information content (AvgIpc) is 3.16. The van der Waals surface area contributed by atoms with Gasteiger partial charge in [0.25, 0.3) is 0 Å². The third-order valence-corrected chi connectivity index (χ3v) is 5.18. The van der Waals surface area contributed by atoms with Crippen LogP contribution in [0.5, 0.6) is 0 Å². The molecule has 2 fully saturated rings. The van der Waals surface area contributed by atoms with Crippen LogP contribution in [0.1, 0.15) is 18.5 Å². The maximum Gasteiger partial charge on any atom is 0.431 e. The molecule has 2 unspecified atom stereocenters. The number of fused-ring (bicyclic) bond motifs is 1. The first-order valence-corrected chi connectivity index (χ1v) is 8.54. The molecule has 2 aliphatic heterocycles. The lowest BCUT2D eigenvalue weighted by atomic mass is 10.0. The fourth-order valence-corrected chi connectivity index (χ4v) is 4.03. The number of hydrogen-bond acceptors (Lipinski definition) is 5. The van der Waals surface area contributed by atoms with Crippen LogP contribution in [-0.4, -0.2) is 42.0 Å². The van der Waals surface area contributed by atoms with Crippen molar-refractivity contribution < 1.29 is 13.2 Å². The Morgan fingerprint density at radius 2 is 1.84 bits per heavy atom. The molecule has 0 radical (unpaired) electrons. The monoisotopic (exact) mass is 351 g/mol. The zero-order valence-corrected chi connectivity index (χ0v) is 13.6. The quantitative estimate of drug-likeness (QED) is 0.780. The minimum absolute atomic E-state index is 0.0271. The number of allylic oxidation sites excluding steroid dienone is 3. The number of dihydropyridines is 1. The summed E-state index contributed by atoms with van der Waals surface area (Å²) in [6.45, 7) is 2.30. The summed E-state index contributed by atoms with van der Waals surface area (Å²) in [6.07, 6.45) is 0.841. The number of anilines is 1. The molecule has 0 spiro atoms. The molecule has 25 heavy (non-hydrogen) atoms. The number of hydrogen-bond donors (Lipinski definition) is 3. The van der Waals surface area contributed by atoms with E-state index in [0.717, 1.165) is 25.9 Å². The lowest BCUT2D eigenvalue weighted by molar-refractivity contribution is -0.0958. The molecule has 3 aliphatic rings. The first-order valence-electron chi connectivity index (χ1n) is 8.54. The average molecular weight is 351 g/mol. The number of nitrogens with zero attached hydrogens (tertiary/aromatic N) is 2. The van der Waals surface area contributed by atoms with Gasteiger partial charge in [0, 0.05) is 18.2 Å². The third-order valence-electron chi connectivity index (χ3n) is 5.18. The maximum absolute atomic E-state index is 13.1. The van der Waals surface area contributed by atoms with Crippen molar-refractivity contribution in [3.63, 3.8) is 0 Å². The molecule has 5 nitrogen and oxygen atoms in total. The standard InChI is InChI=1S/C17H20F3N5/c18-17(19,20)16-13(2-1-5-22-16)14-3-4-15(25-24-14)23-12-6-10-8-21-9-11(10)7-12/h1-4,10-12,21-22H,5-9H2,(H,23,25)/t10-,11?,12?/m1/s1. The van der Waals surface area contributed by atoms with Gasteiger partial charge < -0.3 is 16.0 Å². The largest absolute Gasteiger partial charge is 0.431 e. The predicted octanol–water partition coefficient (Wildman–Crippen LogP) is 2.32. The first kappa shape index (κ1) is 16.4. The van der Waals surface area contributed by atoms with Crippen LogP contribution in [-0.2, 0) is 0 Å². The first-order chi connectivity index (χ1) is 12.0. The van der Waals surface area contributed by atoms with E-state index in [-0.39, 0.29) is 17.8 Å². The number of halogens is 3. The Kier molecular flexibility index (Phi) is 4.15. The van der Waals surface area contributed by atoms with E-state index in [1.165, 1.54) is 6.08 Å². The molecule has 134 valence electrons. The zero-order chi connectivity index (χ0) is 17.4. The van der Waals surface area contributed by atoms with Crippen LogP contribution in [0.25, 0.3) is 5.57 Å². The SMILES string of the molecule is FC(F)(F)C1=C(c2ccc(NC3CC4CNC[C@H]4C3)nn2)C=CCN1. The summed E-state index contributed by atoms with van der Waals surface area (Å²) in [4.78, 5) is 0. The second-order valence-corrected chi connectivity index (χ2v) is 6.86. The van der Waals surface area contributed by atoms with Crippen LogP contribution in [0.2, 0.25) is 0 Å². The van der Waals surface area contributed by atoms with E-state index < -0.39 is 11.9 Å². The number of nitrogens with one attached hydrogen (secondary N) is 3. The predicted molar refractivity (Wildman–Crippen MR) is 88.6 cm³/mol. The summed E-state index contributed by atoms with van der Waals surface area (Å²) in [5.74, 6) is 2.04. The van der Waals surface area contributed by atoms with Crippen LogP contribution < -0.4 is 16.0 Å². The Morgan fingerprint density at radius 3 is 2.48 bits per heavy atom. The van der Waals surface area contributed by atoms with Crippen molar-refractivity contribution in [3.8, 4) is 0 Å². The summed E-state index contributed by atoms with van der Waals surface area (Å²) >= 11 is 0. The highest BCUT2D eigenvalue weighted by Crippen LogP contribution is 2.36. The maximum atomic E-state index is 13.1. The molecule has 0 bridgehead atoms.